The number of carbonyl (C=O) groups is 3. The third-order valence-electron chi connectivity index (χ3n) is 5.41. The van der Waals surface area contributed by atoms with Gasteiger partial charge in [-0.05, 0) is 46.1 Å². The second kappa shape index (κ2) is 9.92. The van der Waals surface area contributed by atoms with Crippen molar-refractivity contribution in [1.29, 1.82) is 0 Å². The summed E-state index contributed by atoms with van der Waals surface area (Å²) in [6.07, 6.45) is 8.06. The molecular weight excluding hydrogens is 384 g/mol. The number of esters is 2. The molecule has 0 aromatic heterocycles. The number of Topliss-reactive ketones (excluding diaryl/α,β-unsaturated/α-hetero) is 1. The zero-order valence-corrected chi connectivity index (χ0v) is 18.5. The first-order chi connectivity index (χ1) is 14.0. The molecule has 1 aliphatic heterocycles. The first-order valence-electron chi connectivity index (χ1n) is 10.3. The molecule has 4 atom stereocenters. The maximum Gasteiger partial charge on any atom is 0.305 e. The number of ketones is 1. The Balaban J connectivity index is 2.42. The topological polar surface area (TPSA) is 78.9 Å². The fourth-order valence-corrected chi connectivity index (χ4v) is 3.99. The number of fused-ring (bicyclic) bond motifs is 1. The van der Waals surface area contributed by atoms with Crippen LogP contribution in [-0.4, -0.2) is 29.6 Å². The van der Waals surface area contributed by atoms with Gasteiger partial charge in [-0.3, -0.25) is 14.4 Å². The van der Waals surface area contributed by atoms with Crippen molar-refractivity contribution in [3.05, 3.63) is 47.8 Å². The van der Waals surface area contributed by atoms with Crippen LogP contribution in [0.15, 0.2) is 47.8 Å². The molecule has 1 aliphatic carbocycles. The summed E-state index contributed by atoms with van der Waals surface area (Å²) in [7, 11) is 0. The lowest BCUT2D eigenvalue weighted by Gasteiger charge is -2.38. The summed E-state index contributed by atoms with van der Waals surface area (Å²) in [6, 6.07) is 0. The van der Waals surface area contributed by atoms with Crippen molar-refractivity contribution in [3.8, 4) is 0 Å². The van der Waals surface area contributed by atoms with Gasteiger partial charge >= 0.3 is 11.9 Å². The molecule has 0 amide bonds. The van der Waals surface area contributed by atoms with Gasteiger partial charge in [0.25, 0.3) is 0 Å². The van der Waals surface area contributed by atoms with Crippen LogP contribution in [0.25, 0.3) is 0 Å². The van der Waals surface area contributed by atoms with Crippen LogP contribution in [0.4, 0.5) is 0 Å². The highest BCUT2D eigenvalue weighted by atomic mass is 16.7. The van der Waals surface area contributed by atoms with E-state index in [1.807, 2.05) is 39.0 Å². The third kappa shape index (κ3) is 6.18. The Labute approximate surface area is 178 Å². The minimum absolute atomic E-state index is 0.0401. The van der Waals surface area contributed by atoms with Gasteiger partial charge in [0, 0.05) is 31.8 Å². The molecule has 0 saturated heterocycles. The van der Waals surface area contributed by atoms with Crippen LogP contribution in [0.2, 0.25) is 0 Å². The van der Waals surface area contributed by atoms with E-state index < -0.39 is 17.9 Å². The number of carbonyl (C=O) groups excluding carboxylic acids is 3. The summed E-state index contributed by atoms with van der Waals surface area (Å²) in [4.78, 5) is 36.2. The molecule has 0 unspecified atom stereocenters. The maximum atomic E-state index is 13.0. The molecule has 0 saturated carbocycles. The molecule has 0 radical (unpaired) electrons. The van der Waals surface area contributed by atoms with Gasteiger partial charge in [0.15, 0.2) is 5.78 Å². The van der Waals surface area contributed by atoms with Crippen molar-refractivity contribution in [2.24, 2.45) is 11.8 Å². The third-order valence-corrected chi connectivity index (χ3v) is 5.41. The Morgan fingerprint density at radius 2 is 1.93 bits per heavy atom. The van der Waals surface area contributed by atoms with E-state index in [1.54, 1.807) is 0 Å². The molecule has 0 spiro atoms. The van der Waals surface area contributed by atoms with Gasteiger partial charge < -0.3 is 14.2 Å². The molecule has 6 nitrogen and oxygen atoms in total. The standard InChI is InChI=1S/C24H32O6/c1-15(2)9-10-21(27)20-14-28-23(29-17(4)25)22-16(3)8-7-12-24(6,30-18(5)26)13-11-19(20)22/h7,9,12,14,19,22-23H,3,8,10-11,13H2,1-2,4-6H3/b12-7-/t19-,22+,23-,24+/m0/s1. The van der Waals surface area contributed by atoms with Crippen molar-refractivity contribution < 1.29 is 28.6 Å². The van der Waals surface area contributed by atoms with Gasteiger partial charge in [0.2, 0.25) is 6.29 Å². The van der Waals surface area contributed by atoms with Crippen LogP contribution in [0.5, 0.6) is 0 Å². The minimum Gasteiger partial charge on any atom is -0.461 e. The lowest BCUT2D eigenvalue weighted by molar-refractivity contribution is -0.180. The van der Waals surface area contributed by atoms with Crippen LogP contribution in [0, 0.1) is 11.8 Å². The molecule has 0 N–H and O–H groups in total. The van der Waals surface area contributed by atoms with Crippen LogP contribution in [0.3, 0.4) is 0 Å². The highest BCUT2D eigenvalue weighted by Gasteiger charge is 2.43. The smallest absolute Gasteiger partial charge is 0.305 e. The Morgan fingerprint density at radius 3 is 2.53 bits per heavy atom. The van der Waals surface area contributed by atoms with Crippen molar-refractivity contribution >= 4 is 17.7 Å². The molecule has 0 aromatic rings. The van der Waals surface area contributed by atoms with Gasteiger partial charge in [0.05, 0.1) is 12.2 Å². The molecule has 0 aromatic carbocycles. The average Bonchev–Trinajstić information content (AvgIpc) is 2.68. The van der Waals surface area contributed by atoms with Crippen LogP contribution in [-0.2, 0) is 28.6 Å². The molecule has 164 valence electrons. The van der Waals surface area contributed by atoms with Crippen LogP contribution >= 0.6 is 0 Å². The Bertz CT molecular complexity index is 799. The number of rotatable bonds is 5. The predicted octanol–water partition coefficient (Wildman–Crippen LogP) is 4.57. The Kier molecular flexibility index (Phi) is 7.82. The molecular formula is C24H32O6. The average molecular weight is 417 g/mol. The lowest BCUT2D eigenvalue weighted by atomic mass is 9.74. The number of allylic oxidation sites excluding steroid dienone is 4. The normalized spacial score (nSPS) is 29.6. The molecule has 1 heterocycles. The SMILES string of the molecule is C=C1C/C=C\[C@@](C)(OC(C)=O)CC[C@H]2C(C(=O)CC=C(C)C)=CO[C@@H](OC(C)=O)[C@H]12. The van der Waals surface area contributed by atoms with Crippen molar-refractivity contribution in [2.75, 3.05) is 0 Å². The fraction of sp³-hybridized carbons (Fsp3) is 0.542. The van der Waals surface area contributed by atoms with E-state index in [2.05, 4.69) is 6.58 Å². The molecule has 2 rings (SSSR count). The predicted molar refractivity (Wildman–Crippen MR) is 113 cm³/mol. The van der Waals surface area contributed by atoms with Crippen molar-refractivity contribution in [1.82, 2.24) is 0 Å². The Morgan fingerprint density at radius 1 is 1.23 bits per heavy atom. The van der Waals surface area contributed by atoms with Gasteiger partial charge in [-0.15, -0.1) is 0 Å². The maximum absolute atomic E-state index is 13.0. The Hall–Kier alpha value is -2.63. The van der Waals surface area contributed by atoms with Gasteiger partial charge in [-0.25, -0.2) is 0 Å². The zero-order chi connectivity index (χ0) is 22.5. The highest BCUT2D eigenvalue weighted by molar-refractivity contribution is 5.96. The quantitative estimate of drug-likeness (QED) is 0.483. The van der Waals surface area contributed by atoms with Crippen LogP contribution < -0.4 is 0 Å². The summed E-state index contributed by atoms with van der Waals surface area (Å²) in [6.45, 7) is 12.6. The molecule has 0 fully saturated rings. The summed E-state index contributed by atoms with van der Waals surface area (Å²) in [5.41, 5.74) is 1.62. The second-order valence-corrected chi connectivity index (χ2v) is 8.44. The molecule has 30 heavy (non-hydrogen) atoms. The summed E-state index contributed by atoms with van der Waals surface area (Å²) < 4.78 is 16.7. The number of hydrogen-bond acceptors (Lipinski definition) is 6. The van der Waals surface area contributed by atoms with Gasteiger partial charge in [-0.2, -0.15) is 0 Å². The monoisotopic (exact) mass is 416 g/mol. The first-order valence-corrected chi connectivity index (χ1v) is 10.3. The van der Waals surface area contributed by atoms with E-state index in [4.69, 9.17) is 14.2 Å². The number of hydrogen-bond donors (Lipinski definition) is 0. The summed E-state index contributed by atoms with van der Waals surface area (Å²) >= 11 is 0. The molecule has 6 heteroatoms. The van der Waals surface area contributed by atoms with E-state index >= 15 is 0 Å². The van der Waals surface area contributed by atoms with Crippen molar-refractivity contribution in [3.63, 3.8) is 0 Å². The molecule has 0 bridgehead atoms. The van der Waals surface area contributed by atoms with E-state index in [9.17, 15) is 14.4 Å². The van der Waals surface area contributed by atoms with Gasteiger partial charge in [-0.1, -0.05) is 29.9 Å². The van der Waals surface area contributed by atoms with Gasteiger partial charge in [0.1, 0.15) is 5.60 Å². The highest BCUT2D eigenvalue weighted by Crippen LogP contribution is 2.43. The van der Waals surface area contributed by atoms with E-state index in [-0.39, 0.29) is 30.0 Å². The molecule has 2 aliphatic rings. The first kappa shape index (κ1) is 23.6. The summed E-state index contributed by atoms with van der Waals surface area (Å²) in [5.74, 6) is -1.49. The minimum atomic E-state index is -0.841. The van der Waals surface area contributed by atoms with E-state index in [0.717, 1.165) is 11.1 Å². The summed E-state index contributed by atoms with van der Waals surface area (Å²) in [5, 5.41) is 0. The van der Waals surface area contributed by atoms with E-state index in [0.29, 0.717) is 24.8 Å². The largest absolute Gasteiger partial charge is 0.461 e. The van der Waals surface area contributed by atoms with E-state index in [1.165, 1.54) is 20.1 Å². The number of ether oxygens (including phenoxy) is 3. The zero-order valence-electron chi connectivity index (χ0n) is 18.5. The van der Waals surface area contributed by atoms with Crippen LogP contribution in [0.1, 0.15) is 60.3 Å². The fourth-order valence-electron chi connectivity index (χ4n) is 3.99. The lowest BCUT2D eigenvalue weighted by Crippen LogP contribution is -2.40. The second-order valence-electron chi connectivity index (χ2n) is 8.44. The van der Waals surface area contributed by atoms with Crippen molar-refractivity contribution in [2.45, 2.75) is 72.2 Å².